The van der Waals surface area contributed by atoms with Crippen molar-refractivity contribution in [2.24, 2.45) is 5.92 Å². The van der Waals surface area contributed by atoms with Crippen molar-refractivity contribution >= 4 is 22.7 Å². The second kappa shape index (κ2) is 8.06. The highest BCUT2D eigenvalue weighted by atomic mass is 16.5. The highest BCUT2D eigenvalue weighted by molar-refractivity contribution is 5.81. The Morgan fingerprint density at radius 3 is 2.78 bits per heavy atom. The summed E-state index contributed by atoms with van der Waals surface area (Å²) in [6.07, 6.45) is 11.6. The average molecular weight is 429 g/mol. The summed E-state index contributed by atoms with van der Waals surface area (Å²) >= 11 is 0. The van der Waals surface area contributed by atoms with Crippen LogP contribution in [0.2, 0.25) is 0 Å². The van der Waals surface area contributed by atoms with Crippen LogP contribution in [0.15, 0.2) is 49.1 Å². The van der Waals surface area contributed by atoms with Crippen LogP contribution in [0.3, 0.4) is 0 Å². The smallest absolute Gasteiger partial charge is 0.132 e. The van der Waals surface area contributed by atoms with Crippen LogP contribution >= 0.6 is 0 Å². The van der Waals surface area contributed by atoms with Crippen molar-refractivity contribution in [1.29, 1.82) is 0 Å². The molecule has 6 rings (SSSR count). The summed E-state index contributed by atoms with van der Waals surface area (Å²) in [7, 11) is 0. The first-order chi connectivity index (χ1) is 15.7. The lowest BCUT2D eigenvalue weighted by molar-refractivity contribution is 0.0623. The van der Waals surface area contributed by atoms with E-state index in [4.69, 9.17) is 9.72 Å². The molecule has 0 aliphatic carbocycles. The summed E-state index contributed by atoms with van der Waals surface area (Å²) in [5.74, 6) is 3.29. The molecule has 6 heterocycles. The van der Waals surface area contributed by atoms with Gasteiger partial charge in [0.1, 0.15) is 11.6 Å². The minimum atomic E-state index is 0.606. The van der Waals surface area contributed by atoms with Gasteiger partial charge in [0.05, 0.1) is 17.2 Å². The van der Waals surface area contributed by atoms with Gasteiger partial charge in [-0.25, -0.2) is 4.98 Å². The maximum atomic E-state index is 5.46. The lowest BCUT2D eigenvalue weighted by atomic mass is 9.97. The second-order valence-corrected chi connectivity index (χ2v) is 9.13. The van der Waals surface area contributed by atoms with E-state index in [1.165, 1.54) is 5.56 Å². The van der Waals surface area contributed by atoms with Gasteiger partial charge in [0, 0.05) is 61.9 Å². The number of rotatable bonds is 6. The fraction of sp³-hybridized carbons (Fsp3) is 0.400. The van der Waals surface area contributed by atoms with E-state index in [9.17, 15) is 0 Å². The Balaban J connectivity index is 1.19. The highest BCUT2D eigenvalue weighted by Crippen LogP contribution is 2.33. The molecule has 2 bridgehead atoms. The fourth-order valence-electron chi connectivity index (χ4n) is 4.81. The van der Waals surface area contributed by atoms with E-state index in [1.54, 1.807) is 0 Å². The van der Waals surface area contributed by atoms with Crippen LogP contribution in [-0.4, -0.2) is 37.5 Å². The Kier molecular flexibility index (Phi) is 4.91. The van der Waals surface area contributed by atoms with Crippen molar-refractivity contribution in [2.75, 3.05) is 18.5 Å². The van der Waals surface area contributed by atoms with Crippen LogP contribution in [0.4, 0.5) is 11.6 Å². The summed E-state index contributed by atoms with van der Waals surface area (Å²) < 4.78 is 9.77. The maximum Gasteiger partial charge on any atom is 0.132 e. The molecule has 164 valence electrons. The Hall–Kier alpha value is -3.19. The van der Waals surface area contributed by atoms with E-state index in [0.29, 0.717) is 5.92 Å². The molecule has 0 amide bonds. The number of nitrogens with one attached hydrogen (secondary N) is 1. The summed E-state index contributed by atoms with van der Waals surface area (Å²) in [4.78, 5) is 9.46. The zero-order valence-electron chi connectivity index (χ0n) is 18.4. The van der Waals surface area contributed by atoms with Crippen LogP contribution in [0, 0.1) is 5.92 Å². The van der Waals surface area contributed by atoms with E-state index < -0.39 is 0 Å². The molecule has 2 aliphatic rings. The molecule has 0 spiro atoms. The van der Waals surface area contributed by atoms with Gasteiger partial charge in [-0.15, -0.1) is 0 Å². The maximum absolute atomic E-state index is 5.46. The Morgan fingerprint density at radius 2 is 1.97 bits per heavy atom. The SMILES string of the molecule is CC1Cn2cc1cc2Nc1ccc2ncc(-c3cnn(CCC4CCOCC4)c3)cc2n1. The molecule has 7 heteroatoms. The summed E-state index contributed by atoms with van der Waals surface area (Å²) in [5.41, 5.74) is 5.27. The molecule has 0 aromatic carbocycles. The molecule has 4 aromatic rings. The molecule has 0 radical (unpaired) electrons. The summed E-state index contributed by atoms with van der Waals surface area (Å²) in [6.45, 7) is 6.03. The predicted molar refractivity (Wildman–Crippen MR) is 125 cm³/mol. The number of nitrogens with zero attached hydrogens (tertiary/aromatic N) is 5. The molecule has 7 nitrogen and oxygen atoms in total. The van der Waals surface area contributed by atoms with Gasteiger partial charge in [-0.3, -0.25) is 9.67 Å². The quantitative estimate of drug-likeness (QED) is 0.469. The van der Waals surface area contributed by atoms with Gasteiger partial charge >= 0.3 is 0 Å². The molecule has 1 atom stereocenters. The van der Waals surface area contributed by atoms with Crippen LogP contribution < -0.4 is 5.32 Å². The number of hydrogen-bond donors (Lipinski definition) is 1. The van der Waals surface area contributed by atoms with Crippen molar-refractivity contribution in [2.45, 2.75) is 45.2 Å². The normalized spacial score (nSPS) is 18.5. The van der Waals surface area contributed by atoms with Gasteiger partial charge in [0.2, 0.25) is 0 Å². The van der Waals surface area contributed by atoms with Crippen molar-refractivity contribution in [1.82, 2.24) is 24.3 Å². The Morgan fingerprint density at radius 1 is 1.06 bits per heavy atom. The third-order valence-electron chi connectivity index (χ3n) is 6.82. The zero-order valence-corrected chi connectivity index (χ0v) is 18.4. The van der Waals surface area contributed by atoms with E-state index in [-0.39, 0.29) is 0 Å². The van der Waals surface area contributed by atoms with Gasteiger partial charge in [0.15, 0.2) is 0 Å². The van der Waals surface area contributed by atoms with Crippen LogP contribution in [0.25, 0.3) is 22.2 Å². The number of hydrogen-bond acceptors (Lipinski definition) is 5. The molecule has 1 N–H and O–H groups in total. The number of pyridine rings is 2. The van der Waals surface area contributed by atoms with Gasteiger partial charge in [-0.1, -0.05) is 6.92 Å². The zero-order chi connectivity index (χ0) is 21.5. The molecule has 1 fully saturated rings. The average Bonchev–Trinajstić information content (AvgIpc) is 3.54. The van der Waals surface area contributed by atoms with Crippen molar-refractivity contribution < 1.29 is 4.74 Å². The van der Waals surface area contributed by atoms with E-state index in [1.807, 2.05) is 29.2 Å². The lowest BCUT2D eigenvalue weighted by Crippen LogP contribution is -2.17. The van der Waals surface area contributed by atoms with E-state index in [0.717, 1.165) is 85.3 Å². The summed E-state index contributed by atoms with van der Waals surface area (Å²) in [5, 5.41) is 8.04. The molecule has 32 heavy (non-hydrogen) atoms. The molecular formula is C25H28N6O. The van der Waals surface area contributed by atoms with E-state index in [2.05, 4.69) is 51.4 Å². The Bertz CT molecular complexity index is 1250. The number of ether oxygens (including phenoxy) is 1. The number of anilines is 2. The minimum absolute atomic E-state index is 0.606. The largest absolute Gasteiger partial charge is 0.381 e. The monoisotopic (exact) mass is 428 g/mol. The molecule has 1 saturated heterocycles. The summed E-state index contributed by atoms with van der Waals surface area (Å²) in [6, 6.07) is 8.33. The molecular weight excluding hydrogens is 400 g/mol. The van der Waals surface area contributed by atoms with Crippen LogP contribution in [-0.2, 0) is 17.8 Å². The third kappa shape index (κ3) is 3.77. The number of fused-ring (bicyclic) bond motifs is 3. The topological polar surface area (TPSA) is 69.8 Å². The second-order valence-electron chi connectivity index (χ2n) is 9.13. The van der Waals surface area contributed by atoms with E-state index >= 15 is 0 Å². The molecule has 1 unspecified atom stereocenters. The molecule has 2 aliphatic heterocycles. The highest BCUT2D eigenvalue weighted by Gasteiger charge is 2.20. The van der Waals surface area contributed by atoms with Crippen molar-refractivity contribution in [3.05, 3.63) is 54.6 Å². The number of aryl methyl sites for hydroxylation is 1. The van der Waals surface area contributed by atoms with Crippen LogP contribution in [0.1, 0.15) is 37.7 Å². The first-order valence-electron chi connectivity index (χ1n) is 11.6. The molecule has 4 aromatic heterocycles. The van der Waals surface area contributed by atoms with Gasteiger partial charge in [-0.05, 0) is 55.0 Å². The van der Waals surface area contributed by atoms with Gasteiger partial charge in [-0.2, -0.15) is 5.10 Å². The fourth-order valence-corrected chi connectivity index (χ4v) is 4.81. The third-order valence-corrected chi connectivity index (χ3v) is 6.82. The van der Waals surface area contributed by atoms with Crippen LogP contribution in [0.5, 0.6) is 0 Å². The molecule has 0 saturated carbocycles. The minimum Gasteiger partial charge on any atom is -0.381 e. The first-order valence-corrected chi connectivity index (χ1v) is 11.6. The van der Waals surface area contributed by atoms with Gasteiger partial charge in [0.25, 0.3) is 0 Å². The lowest BCUT2D eigenvalue weighted by Gasteiger charge is -2.21. The first kappa shape index (κ1) is 19.5. The van der Waals surface area contributed by atoms with Gasteiger partial charge < -0.3 is 14.6 Å². The van der Waals surface area contributed by atoms with Crippen molar-refractivity contribution in [3.63, 3.8) is 0 Å². The standard InChI is InChI=1S/C25H28N6O/c1-17-14-30-15-20(17)11-25(30)29-24-3-2-22-23(28-24)10-19(12-26-22)21-13-27-31(16-21)7-4-18-5-8-32-9-6-18/h2-3,10-13,15-18H,4-9,14H2,1H3,(H,28,29). The Labute approximate surface area is 187 Å². The number of aromatic nitrogens is 5. The predicted octanol–water partition coefficient (Wildman–Crippen LogP) is 4.97. The van der Waals surface area contributed by atoms with Crippen molar-refractivity contribution in [3.8, 4) is 11.1 Å².